The number of nitrogens with zero attached hydrogens (tertiary/aromatic N) is 4. The van der Waals surface area contributed by atoms with E-state index in [-0.39, 0.29) is 0 Å². The van der Waals surface area contributed by atoms with Crippen molar-refractivity contribution in [3.05, 3.63) is 15.1 Å². The Bertz CT molecular complexity index is 497. The lowest BCUT2D eigenvalue weighted by atomic mass is 10.1. The van der Waals surface area contributed by atoms with Crippen LogP contribution in [0.3, 0.4) is 0 Å². The van der Waals surface area contributed by atoms with Crippen LogP contribution in [0.1, 0.15) is 31.4 Å². The molecule has 2 bridgehead atoms. The Kier molecular flexibility index (Phi) is 4.14. The molecule has 0 amide bonds. The Balaban J connectivity index is 1.91. The molecule has 3 aliphatic heterocycles. The molecule has 0 spiro atoms. The molecule has 5 nitrogen and oxygen atoms in total. The molecule has 0 aromatic carbocycles. The first-order valence-electron chi connectivity index (χ1n) is 7.32. The van der Waals surface area contributed by atoms with E-state index in [0.29, 0.717) is 17.8 Å². The molecular weight excluding hydrogens is 365 g/mol. The Hall–Kier alpha value is -0.470. The quantitative estimate of drug-likeness (QED) is 0.798. The summed E-state index contributed by atoms with van der Waals surface area (Å²) in [5.74, 6) is 2.14. The van der Waals surface area contributed by atoms with Gasteiger partial charge in [-0.3, -0.25) is 9.80 Å². The van der Waals surface area contributed by atoms with Crippen molar-refractivity contribution in [2.24, 2.45) is 5.92 Å². The maximum absolute atomic E-state index is 6.11. The van der Waals surface area contributed by atoms with Crippen molar-refractivity contribution in [1.82, 2.24) is 19.8 Å². The van der Waals surface area contributed by atoms with Crippen molar-refractivity contribution in [2.75, 3.05) is 38.5 Å². The molecule has 110 valence electrons. The largest absolute Gasteiger partial charge is 0.383 e. The monoisotopic (exact) mass is 387 g/mol. The Morgan fingerprint density at radius 1 is 1.25 bits per heavy atom. The fourth-order valence-corrected chi connectivity index (χ4v) is 3.53. The van der Waals surface area contributed by atoms with E-state index in [2.05, 4.69) is 51.2 Å². The number of halogens is 1. The first kappa shape index (κ1) is 14.5. The predicted molar refractivity (Wildman–Crippen MR) is 88.5 cm³/mol. The van der Waals surface area contributed by atoms with Gasteiger partial charge in [0.2, 0.25) is 0 Å². The summed E-state index contributed by atoms with van der Waals surface area (Å²) in [5, 5.41) is 0. The summed E-state index contributed by atoms with van der Waals surface area (Å²) in [4.78, 5) is 14.4. The molecule has 2 N–H and O–H groups in total. The first-order valence-corrected chi connectivity index (χ1v) is 8.40. The van der Waals surface area contributed by atoms with Crippen LogP contribution in [0.5, 0.6) is 0 Å². The normalized spacial score (nSPS) is 29.1. The molecule has 0 saturated carbocycles. The predicted octanol–water partition coefficient (Wildman–Crippen LogP) is 1.53. The minimum Gasteiger partial charge on any atom is -0.383 e. The van der Waals surface area contributed by atoms with Crippen LogP contribution < -0.4 is 5.73 Å². The second-order valence-electron chi connectivity index (χ2n) is 6.18. The molecule has 20 heavy (non-hydrogen) atoms. The fourth-order valence-electron chi connectivity index (χ4n) is 3.07. The number of hydrogen-bond donors (Lipinski definition) is 1. The summed E-state index contributed by atoms with van der Waals surface area (Å²) < 4.78 is 1.02. The van der Waals surface area contributed by atoms with Gasteiger partial charge in [-0.05, 0) is 34.9 Å². The molecule has 0 aliphatic carbocycles. The summed E-state index contributed by atoms with van der Waals surface area (Å²) >= 11 is 2.28. The topological polar surface area (TPSA) is 58.3 Å². The Morgan fingerprint density at radius 2 is 1.95 bits per heavy atom. The van der Waals surface area contributed by atoms with Gasteiger partial charge in [-0.2, -0.15) is 0 Å². The third-order valence-corrected chi connectivity index (χ3v) is 5.32. The molecule has 4 heterocycles. The van der Waals surface area contributed by atoms with E-state index in [1.165, 1.54) is 13.1 Å². The van der Waals surface area contributed by atoms with Crippen LogP contribution in [-0.2, 0) is 6.42 Å². The summed E-state index contributed by atoms with van der Waals surface area (Å²) in [6, 6.07) is 0.322. The summed E-state index contributed by atoms with van der Waals surface area (Å²) in [6.07, 6.45) is 0.967. The first-order chi connectivity index (χ1) is 9.54. The van der Waals surface area contributed by atoms with Crippen LogP contribution in [0.25, 0.3) is 0 Å². The summed E-state index contributed by atoms with van der Waals surface area (Å²) in [7, 11) is 0. The van der Waals surface area contributed by atoms with Gasteiger partial charge in [0.05, 0.1) is 15.3 Å². The zero-order chi connectivity index (χ0) is 14.3. The van der Waals surface area contributed by atoms with Gasteiger partial charge >= 0.3 is 0 Å². The van der Waals surface area contributed by atoms with Crippen LogP contribution in [0.15, 0.2) is 0 Å². The molecule has 4 rings (SSSR count). The molecule has 1 unspecified atom stereocenters. The second-order valence-corrected chi connectivity index (χ2v) is 7.26. The van der Waals surface area contributed by atoms with Crippen molar-refractivity contribution in [3.8, 4) is 0 Å². The van der Waals surface area contributed by atoms with Gasteiger partial charge in [0, 0.05) is 32.7 Å². The minimum atomic E-state index is 0.322. The van der Waals surface area contributed by atoms with E-state index in [9.17, 15) is 0 Å². The highest BCUT2D eigenvalue weighted by atomic mass is 127. The SMILES string of the molecule is CC(C)Cc1nc(C2CN3CCN2CC3)nc(N)c1I. The molecule has 3 saturated heterocycles. The summed E-state index contributed by atoms with van der Waals surface area (Å²) in [6.45, 7) is 10.1. The van der Waals surface area contributed by atoms with Gasteiger partial charge in [0.1, 0.15) is 11.6 Å². The van der Waals surface area contributed by atoms with Crippen LogP contribution in [-0.4, -0.2) is 52.5 Å². The molecule has 6 heteroatoms. The number of nitrogen functional groups attached to an aromatic ring is 1. The molecule has 0 radical (unpaired) electrons. The number of aromatic nitrogens is 2. The van der Waals surface area contributed by atoms with Crippen LogP contribution >= 0.6 is 22.6 Å². The van der Waals surface area contributed by atoms with E-state index >= 15 is 0 Å². The molecule has 3 aliphatic rings. The highest BCUT2D eigenvalue weighted by Crippen LogP contribution is 2.29. The maximum atomic E-state index is 6.11. The molecule has 1 aromatic rings. The van der Waals surface area contributed by atoms with Crippen LogP contribution in [0.4, 0.5) is 5.82 Å². The molecule has 1 atom stereocenters. The van der Waals surface area contributed by atoms with Crippen molar-refractivity contribution in [2.45, 2.75) is 26.3 Å². The maximum Gasteiger partial charge on any atom is 0.149 e. The number of fused-ring (bicyclic) bond motifs is 3. The van der Waals surface area contributed by atoms with Crippen molar-refractivity contribution >= 4 is 28.4 Å². The molecule has 1 aromatic heterocycles. The van der Waals surface area contributed by atoms with E-state index < -0.39 is 0 Å². The van der Waals surface area contributed by atoms with Gasteiger partial charge in [0.15, 0.2) is 0 Å². The molecular formula is C14H22IN5. The van der Waals surface area contributed by atoms with Crippen molar-refractivity contribution in [1.29, 1.82) is 0 Å². The zero-order valence-electron chi connectivity index (χ0n) is 12.1. The van der Waals surface area contributed by atoms with Crippen LogP contribution in [0, 0.1) is 9.49 Å². The van der Waals surface area contributed by atoms with Crippen molar-refractivity contribution in [3.63, 3.8) is 0 Å². The van der Waals surface area contributed by atoms with Gasteiger partial charge in [-0.1, -0.05) is 13.8 Å². The van der Waals surface area contributed by atoms with E-state index in [1.807, 2.05) is 0 Å². The van der Waals surface area contributed by atoms with Gasteiger partial charge in [-0.25, -0.2) is 9.97 Å². The second kappa shape index (κ2) is 5.73. The highest BCUT2D eigenvalue weighted by molar-refractivity contribution is 14.1. The lowest BCUT2D eigenvalue weighted by Gasteiger charge is -2.46. The average molecular weight is 387 g/mol. The lowest BCUT2D eigenvalue weighted by Crippen LogP contribution is -2.57. The fraction of sp³-hybridized carbons (Fsp3) is 0.714. The van der Waals surface area contributed by atoms with Crippen molar-refractivity contribution < 1.29 is 0 Å². The third-order valence-electron chi connectivity index (χ3n) is 4.14. The zero-order valence-corrected chi connectivity index (χ0v) is 14.3. The van der Waals surface area contributed by atoms with E-state index in [1.54, 1.807) is 0 Å². The minimum absolute atomic E-state index is 0.322. The number of hydrogen-bond acceptors (Lipinski definition) is 5. The number of nitrogens with two attached hydrogens (primary N) is 1. The lowest BCUT2D eigenvalue weighted by molar-refractivity contribution is 0.00860. The van der Waals surface area contributed by atoms with Gasteiger partial charge < -0.3 is 5.73 Å². The number of piperazine rings is 3. The van der Waals surface area contributed by atoms with Crippen LogP contribution in [0.2, 0.25) is 0 Å². The van der Waals surface area contributed by atoms with Gasteiger partial charge in [0.25, 0.3) is 0 Å². The smallest absolute Gasteiger partial charge is 0.149 e. The van der Waals surface area contributed by atoms with E-state index in [4.69, 9.17) is 10.7 Å². The highest BCUT2D eigenvalue weighted by Gasteiger charge is 2.35. The Labute approximate surface area is 134 Å². The van der Waals surface area contributed by atoms with Gasteiger partial charge in [-0.15, -0.1) is 0 Å². The number of anilines is 1. The average Bonchev–Trinajstić information content (AvgIpc) is 2.44. The third kappa shape index (κ3) is 2.78. The molecule has 3 fully saturated rings. The summed E-state index contributed by atoms with van der Waals surface area (Å²) in [5.41, 5.74) is 7.22. The standard InChI is InChI=1S/C14H22IN5/c1-9(2)7-10-12(15)13(16)18-14(17-10)11-8-19-3-5-20(11)6-4-19/h9,11H,3-8H2,1-2H3,(H2,16,17,18). The van der Waals surface area contributed by atoms with E-state index in [0.717, 1.165) is 41.1 Å². The Morgan fingerprint density at radius 3 is 2.50 bits per heavy atom. The number of rotatable bonds is 3.